The van der Waals surface area contributed by atoms with Gasteiger partial charge in [0.25, 0.3) is 0 Å². The second-order valence-electron chi connectivity index (χ2n) is 4.15. The molecule has 0 fully saturated rings. The van der Waals surface area contributed by atoms with Crippen LogP contribution < -0.4 is 10.6 Å². The summed E-state index contributed by atoms with van der Waals surface area (Å²) in [5, 5.41) is 15.2. The van der Waals surface area contributed by atoms with Gasteiger partial charge in [0, 0.05) is 11.0 Å². The Labute approximate surface area is 126 Å². The lowest BCUT2D eigenvalue weighted by Crippen LogP contribution is -2.04. The van der Waals surface area contributed by atoms with E-state index in [1.165, 1.54) is 0 Å². The highest BCUT2D eigenvalue weighted by molar-refractivity contribution is 9.10. The molecule has 0 atom stereocenters. The van der Waals surface area contributed by atoms with Gasteiger partial charge in [0.2, 0.25) is 0 Å². The number of hydrogen-bond donors (Lipinski definition) is 2. The van der Waals surface area contributed by atoms with Crippen molar-refractivity contribution < 1.29 is 0 Å². The molecule has 1 heterocycles. The van der Waals surface area contributed by atoms with Crippen LogP contribution in [-0.4, -0.2) is 16.5 Å². The number of halogens is 1. The Kier molecular flexibility index (Phi) is 4.91. The molecule has 102 valence electrons. The number of anilines is 3. The first-order valence-electron chi connectivity index (χ1n) is 6.25. The number of nitrogens with one attached hydrogen (secondary N) is 2. The average molecular weight is 332 g/mol. The van der Waals surface area contributed by atoms with E-state index in [1.807, 2.05) is 6.07 Å². The van der Waals surface area contributed by atoms with E-state index in [4.69, 9.17) is 5.26 Å². The summed E-state index contributed by atoms with van der Waals surface area (Å²) in [5.41, 5.74) is 1.44. The van der Waals surface area contributed by atoms with Crippen LogP contribution in [0.1, 0.15) is 18.9 Å². The summed E-state index contributed by atoms with van der Waals surface area (Å²) in [4.78, 5) is 8.56. The molecule has 0 bridgehead atoms. The third-order valence-electron chi connectivity index (χ3n) is 2.55. The fourth-order valence-electron chi connectivity index (χ4n) is 1.59. The molecule has 20 heavy (non-hydrogen) atoms. The highest BCUT2D eigenvalue weighted by Gasteiger charge is 2.04. The summed E-state index contributed by atoms with van der Waals surface area (Å²) in [6, 6.07) is 7.43. The predicted molar refractivity (Wildman–Crippen MR) is 83.0 cm³/mol. The lowest BCUT2D eigenvalue weighted by molar-refractivity contribution is 0.965. The van der Waals surface area contributed by atoms with Crippen LogP contribution in [0.2, 0.25) is 0 Å². The fraction of sp³-hybridized carbons (Fsp3) is 0.214. The minimum absolute atomic E-state index is 0.604. The molecule has 0 aliphatic heterocycles. The molecule has 0 spiro atoms. The first-order valence-corrected chi connectivity index (χ1v) is 7.05. The SMILES string of the molecule is CCCNc1cncc(Nc2ccc(C#N)cc2Br)n1. The van der Waals surface area contributed by atoms with Crippen molar-refractivity contribution in [2.24, 2.45) is 0 Å². The lowest BCUT2D eigenvalue weighted by Gasteiger charge is -2.09. The molecular weight excluding hydrogens is 318 g/mol. The van der Waals surface area contributed by atoms with E-state index >= 15 is 0 Å². The Morgan fingerprint density at radius 2 is 2.10 bits per heavy atom. The molecule has 0 aliphatic rings. The van der Waals surface area contributed by atoms with Gasteiger partial charge in [-0.25, -0.2) is 4.98 Å². The van der Waals surface area contributed by atoms with Crippen LogP contribution in [0.25, 0.3) is 0 Å². The fourth-order valence-corrected chi connectivity index (χ4v) is 2.07. The van der Waals surface area contributed by atoms with E-state index in [1.54, 1.807) is 24.5 Å². The first-order chi connectivity index (χ1) is 9.72. The molecule has 2 rings (SSSR count). The van der Waals surface area contributed by atoms with Gasteiger partial charge in [-0.3, -0.25) is 4.98 Å². The highest BCUT2D eigenvalue weighted by atomic mass is 79.9. The number of benzene rings is 1. The van der Waals surface area contributed by atoms with Crippen molar-refractivity contribution in [2.45, 2.75) is 13.3 Å². The second kappa shape index (κ2) is 6.87. The van der Waals surface area contributed by atoms with Crippen molar-refractivity contribution in [3.05, 3.63) is 40.6 Å². The number of aromatic nitrogens is 2. The monoisotopic (exact) mass is 331 g/mol. The van der Waals surface area contributed by atoms with Crippen LogP contribution in [0.15, 0.2) is 35.1 Å². The minimum Gasteiger partial charge on any atom is -0.369 e. The van der Waals surface area contributed by atoms with Crippen molar-refractivity contribution in [2.75, 3.05) is 17.2 Å². The molecule has 0 saturated carbocycles. The van der Waals surface area contributed by atoms with Gasteiger partial charge in [0.15, 0.2) is 5.82 Å². The molecule has 1 aromatic carbocycles. The number of nitriles is 1. The van der Waals surface area contributed by atoms with Crippen LogP contribution in [0.5, 0.6) is 0 Å². The highest BCUT2D eigenvalue weighted by Crippen LogP contribution is 2.26. The maximum atomic E-state index is 8.84. The summed E-state index contributed by atoms with van der Waals surface area (Å²) in [7, 11) is 0. The van der Waals surface area contributed by atoms with E-state index in [9.17, 15) is 0 Å². The molecule has 5 nitrogen and oxygen atoms in total. The molecular formula is C14H14BrN5. The van der Waals surface area contributed by atoms with Crippen molar-refractivity contribution in [1.29, 1.82) is 5.26 Å². The zero-order valence-electron chi connectivity index (χ0n) is 11.0. The molecule has 0 saturated heterocycles. The third-order valence-corrected chi connectivity index (χ3v) is 3.21. The van der Waals surface area contributed by atoms with Gasteiger partial charge >= 0.3 is 0 Å². The van der Waals surface area contributed by atoms with E-state index in [0.717, 1.165) is 28.9 Å². The molecule has 0 aliphatic carbocycles. The van der Waals surface area contributed by atoms with Crippen LogP contribution in [-0.2, 0) is 0 Å². The van der Waals surface area contributed by atoms with Gasteiger partial charge in [-0.2, -0.15) is 5.26 Å². The predicted octanol–water partition coefficient (Wildman–Crippen LogP) is 3.68. The Bertz CT molecular complexity index is 636. The van der Waals surface area contributed by atoms with Crippen molar-refractivity contribution in [3.8, 4) is 6.07 Å². The maximum Gasteiger partial charge on any atom is 0.151 e. The summed E-state index contributed by atoms with van der Waals surface area (Å²) >= 11 is 3.43. The van der Waals surface area contributed by atoms with E-state index in [-0.39, 0.29) is 0 Å². The van der Waals surface area contributed by atoms with Crippen LogP contribution in [0.3, 0.4) is 0 Å². The Morgan fingerprint density at radius 1 is 1.30 bits per heavy atom. The lowest BCUT2D eigenvalue weighted by atomic mass is 10.2. The molecule has 6 heteroatoms. The number of hydrogen-bond acceptors (Lipinski definition) is 5. The van der Waals surface area contributed by atoms with Crippen LogP contribution >= 0.6 is 15.9 Å². The Balaban J connectivity index is 2.15. The maximum absolute atomic E-state index is 8.84. The molecule has 2 N–H and O–H groups in total. The molecule has 0 amide bonds. The molecule has 1 aromatic heterocycles. The van der Waals surface area contributed by atoms with E-state index < -0.39 is 0 Å². The summed E-state index contributed by atoms with van der Waals surface area (Å²) < 4.78 is 0.810. The topological polar surface area (TPSA) is 73.6 Å². The molecule has 0 unspecified atom stereocenters. The zero-order chi connectivity index (χ0) is 14.4. The Hall–Kier alpha value is -2.13. The minimum atomic E-state index is 0.604. The van der Waals surface area contributed by atoms with Gasteiger partial charge in [-0.05, 0) is 40.5 Å². The van der Waals surface area contributed by atoms with Crippen molar-refractivity contribution in [1.82, 2.24) is 9.97 Å². The third kappa shape index (κ3) is 3.68. The Morgan fingerprint density at radius 3 is 2.80 bits per heavy atom. The summed E-state index contributed by atoms with van der Waals surface area (Å²) in [6.45, 7) is 2.95. The zero-order valence-corrected chi connectivity index (χ0v) is 12.6. The smallest absolute Gasteiger partial charge is 0.151 e. The molecule has 0 radical (unpaired) electrons. The standard InChI is InChI=1S/C14H14BrN5/c1-2-5-18-13-8-17-9-14(20-13)19-12-4-3-10(7-16)6-11(12)15/h3-4,6,8-9H,2,5H2,1H3,(H2,18,19,20). The largest absolute Gasteiger partial charge is 0.369 e. The average Bonchev–Trinajstić information content (AvgIpc) is 2.47. The quantitative estimate of drug-likeness (QED) is 0.874. The van der Waals surface area contributed by atoms with Crippen LogP contribution in [0.4, 0.5) is 17.3 Å². The summed E-state index contributed by atoms with van der Waals surface area (Å²) in [6.07, 6.45) is 4.37. The summed E-state index contributed by atoms with van der Waals surface area (Å²) in [5.74, 6) is 1.39. The van der Waals surface area contributed by atoms with Crippen molar-refractivity contribution in [3.63, 3.8) is 0 Å². The van der Waals surface area contributed by atoms with Gasteiger partial charge in [-0.15, -0.1) is 0 Å². The van der Waals surface area contributed by atoms with Crippen molar-refractivity contribution >= 4 is 33.3 Å². The number of rotatable bonds is 5. The second-order valence-corrected chi connectivity index (χ2v) is 5.00. The van der Waals surface area contributed by atoms with Gasteiger partial charge in [-0.1, -0.05) is 6.92 Å². The normalized spacial score (nSPS) is 9.85. The van der Waals surface area contributed by atoms with Gasteiger partial charge in [0.1, 0.15) is 5.82 Å². The van der Waals surface area contributed by atoms with E-state index in [2.05, 4.69) is 49.5 Å². The van der Waals surface area contributed by atoms with E-state index in [0.29, 0.717) is 11.4 Å². The first kappa shape index (κ1) is 14.3. The number of nitrogens with zero attached hydrogens (tertiary/aromatic N) is 3. The van der Waals surface area contributed by atoms with Gasteiger partial charge < -0.3 is 10.6 Å². The molecule has 2 aromatic rings. The van der Waals surface area contributed by atoms with Gasteiger partial charge in [0.05, 0.1) is 29.7 Å². The van der Waals surface area contributed by atoms with Crippen LogP contribution in [0, 0.1) is 11.3 Å².